The number of aromatic amines is 1. The molecule has 4 heterocycles. The predicted octanol–water partition coefficient (Wildman–Crippen LogP) is 2.95. The number of hydrazone groups is 1. The minimum absolute atomic E-state index is 0.0617. The fourth-order valence-electron chi connectivity index (χ4n) is 3.85. The molecule has 1 aliphatic heterocycles. The third-order valence-corrected chi connectivity index (χ3v) is 7.34. The molecular weight excluding hydrogens is 472 g/mol. The monoisotopic (exact) mass is 494 g/mol. The molecule has 0 fully saturated rings. The third kappa shape index (κ3) is 4.41. The maximum Gasteiger partial charge on any atom is 0.262 e. The molecule has 9 nitrogen and oxygen atoms in total. The van der Waals surface area contributed by atoms with Crippen molar-refractivity contribution < 1.29 is 9.90 Å². The van der Waals surface area contributed by atoms with Crippen molar-refractivity contribution >= 4 is 45.8 Å². The molecule has 0 radical (unpaired) electrons. The van der Waals surface area contributed by atoms with E-state index in [-0.39, 0.29) is 36.4 Å². The number of hydrogen-bond acceptors (Lipinski definition) is 8. The number of H-pyrrole nitrogens is 1. The number of benzene rings is 1. The lowest BCUT2D eigenvalue weighted by Gasteiger charge is -2.22. The number of hydrogen-bond donors (Lipinski definition) is 2. The minimum atomic E-state index is -0.333. The first-order valence-electron chi connectivity index (χ1n) is 10.7. The minimum Gasteiger partial charge on any atom is -0.394 e. The van der Waals surface area contributed by atoms with E-state index in [9.17, 15) is 14.7 Å². The molecule has 174 valence electrons. The van der Waals surface area contributed by atoms with E-state index in [2.05, 4.69) is 20.2 Å². The molecule has 0 unspecified atom stereocenters. The third-order valence-electron chi connectivity index (χ3n) is 5.56. The summed E-state index contributed by atoms with van der Waals surface area (Å²) in [5.41, 5.74) is 3.12. The van der Waals surface area contributed by atoms with E-state index in [1.807, 2.05) is 48.7 Å². The fraction of sp³-hybridized carbons (Fsp3) is 0.261. The SMILES string of the molecule is Cc1ccc([C@H]2CC(c3cccs3)=NN2C(=O)CSc2nc3c(cnn3CCO)c(=O)[nH]2)cc1. The molecule has 1 aromatic carbocycles. The summed E-state index contributed by atoms with van der Waals surface area (Å²) in [6, 6.07) is 11.9. The fourth-order valence-corrected chi connectivity index (χ4v) is 5.28. The molecule has 11 heteroatoms. The van der Waals surface area contributed by atoms with Crippen LogP contribution in [-0.2, 0) is 11.3 Å². The Morgan fingerprint density at radius 1 is 1.29 bits per heavy atom. The second kappa shape index (κ2) is 9.53. The van der Waals surface area contributed by atoms with Gasteiger partial charge < -0.3 is 10.1 Å². The molecule has 3 aromatic heterocycles. The lowest BCUT2D eigenvalue weighted by atomic mass is 10.00. The molecule has 5 rings (SSSR count). The first-order valence-corrected chi connectivity index (χ1v) is 12.6. The van der Waals surface area contributed by atoms with Crippen LogP contribution in [0.15, 0.2) is 63.0 Å². The van der Waals surface area contributed by atoms with Crippen LogP contribution < -0.4 is 5.56 Å². The number of aromatic nitrogens is 4. The molecule has 1 aliphatic rings. The van der Waals surface area contributed by atoms with Gasteiger partial charge in [0.2, 0.25) is 0 Å². The normalized spacial score (nSPS) is 15.8. The van der Waals surface area contributed by atoms with Crippen LogP contribution in [0.1, 0.15) is 28.5 Å². The summed E-state index contributed by atoms with van der Waals surface area (Å²) in [6.45, 7) is 2.14. The number of thioether (sulfide) groups is 1. The largest absolute Gasteiger partial charge is 0.394 e. The number of aliphatic hydroxyl groups is 1. The number of thiophene rings is 1. The van der Waals surface area contributed by atoms with Crippen LogP contribution >= 0.6 is 23.1 Å². The zero-order valence-corrected chi connectivity index (χ0v) is 20.0. The van der Waals surface area contributed by atoms with Gasteiger partial charge in [-0.25, -0.2) is 14.7 Å². The molecular formula is C23H22N6O3S2. The van der Waals surface area contributed by atoms with Crippen molar-refractivity contribution in [3.63, 3.8) is 0 Å². The van der Waals surface area contributed by atoms with Crippen molar-refractivity contribution in [2.75, 3.05) is 12.4 Å². The van der Waals surface area contributed by atoms with Gasteiger partial charge >= 0.3 is 0 Å². The summed E-state index contributed by atoms with van der Waals surface area (Å²) in [6.07, 6.45) is 2.06. The van der Waals surface area contributed by atoms with E-state index in [4.69, 9.17) is 0 Å². The summed E-state index contributed by atoms with van der Waals surface area (Å²) in [5, 5.41) is 22.2. The molecule has 0 aliphatic carbocycles. The van der Waals surface area contributed by atoms with Crippen LogP contribution in [-0.4, -0.2) is 53.8 Å². The number of rotatable bonds is 7. The maximum atomic E-state index is 13.3. The zero-order valence-electron chi connectivity index (χ0n) is 18.3. The van der Waals surface area contributed by atoms with E-state index < -0.39 is 0 Å². The smallest absolute Gasteiger partial charge is 0.262 e. The topological polar surface area (TPSA) is 116 Å². The summed E-state index contributed by atoms with van der Waals surface area (Å²) >= 11 is 2.75. The quantitative estimate of drug-likeness (QED) is 0.301. The van der Waals surface area contributed by atoms with Gasteiger partial charge in [0.25, 0.3) is 11.5 Å². The van der Waals surface area contributed by atoms with Crippen molar-refractivity contribution in [2.24, 2.45) is 5.10 Å². The van der Waals surface area contributed by atoms with E-state index in [0.717, 1.165) is 33.5 Å². The van der Waals surface area contributed by atoms with Gasteiger partial charge in [-0.1, -0.05) is 47.7 Å². The first kappa shape index (κ1) is 22.5. The van der Waals surface area contributed by atoms with Gasteiger partial charge in [-0.3, -0.25) is 9.59 Å². The lowest BCUT2D eigenvalue weighted by Crippen LogP contribution is -2.28. The molecule has 4 aromatic rings. The maximum absolute atomic E-state index is 13.3. The van der Waals surface area contributed by atoms with E-state index in [0.29, 0.717) is 22.6 Å². The molecule has 0 saturated carbocycles. The van der Waals surface area contributed by atoms with E-state index >= 15 is 0 Å². The van der Waals surface area contributed by atoms with Gasteiger partial charge in [0.05, 0.1) is 41.7 Å². The van der Waals surface area contributed by atoms with Gasteiger partial charge in [0, 0.05) is 6.42 Å². The Balaban J connectivity index is 1.39. The lowest BCUT2D eigenvalue weighted by molar-refractivity contribution is -0.130. The highest BCUT2D eigenvalue weighted by molar-refractivity contribution is 7.99. The Kier molecular flexibility index (Phi) is 6.31. The Morgan fingerprint density at radius 2 is 2.12 bits per heavy atom. The summed E-state index contributed by atoms with van der Waals surface area (Å²) < 4.78 is 1.47. The molecule has 2 N–H and O–H groups in total. The van der Waals surface area contributed by atoms with Crippen molar-refractivity contribution in [2.45, 2.75) is 31.1 Å². The van der Waals surface area contributed by atoms with Crippen molar-refractivity contribution in [3.05, 3.63) is 74.3 Å². The number of aryl methyl sites for hydroxylation is 1. The molecule has 34 heavy (non-hydrogen) atoms. The molecule has 0 bridgehead atoms. The second-order valence-corrected chi connectivity index (χ2v) is 9.79. The van der Waals surface area contributed by atoms with Crippen LogP contribution in [0, 0.1) is 6.92 Å². The Hall–Kier alpha value is -3.28. The van der Waals surface area contributed by atoms with Crippen LogP contribution in [0.25, 0.3) is 11.0 Å². The summed E-state index contributed by atoms with van der Waals surface area (Å²) in [5.74, 6) is -0.111. The number of amides is 1. The highest BCUT2D eigenvalue weighted by Crippen LogP contribution is 2.34. The average Bonchev–Trinajstić information content (AvgIpc) is 3.58. The Labute approximate surface area is 203 Å². The van der Waals surface area contributed by atoms with Crippen LogP contribution in [0.4, 0.5) is 0 Å². The van der Waals surface area contributed by atoms with Gasteiger partial charge in [-0.2, -0.15) is 10.2 Å². The Morgan fingerprint density at radius 3 is 2.85 bits per heavy atom. The van der Waals surface area contributed by atoms with Crippen LogP contribution in [0.2, 0.25) is 0 Å². The number of fused-ring (bicyclic) bond motifs is 1. The number of carbonyl (C=O) groups excluding carboxylic acids is 1. The average molecular weight is 495 g/mol. The van der Waals surface area contributed by atoms with Gasteiger partial charge in [0.15, 0.2) is 10.8 Å². The standard InChI is InChI=1S/C23H22N6O3S2/c1-14-4-6-15(7-5-14)18-11-17(19-3-2-10-33-19)27-29(18)20(31)13-34-23-25-21-16(22(32)26-23)12-24-28(21)8-9-30/h2-7,10,12,18,30H,8-9,11,13H2,1H3,(H,25,26,32)/t18-/m1/s1. The zero-order chi connectivity index (χ0) is 23.7. The van der Waals surface area contributed by atoms with Gasteiger partial charge in [-0.05, 0) is 23.9 Å². The van der Waals surface area contributed by atoms with E-state index in [1.54, 1.807) is 16.3 Å². The molecule has 0 saturated heterocycles. The number of aliphatic hydroxyl groups excluding tert-OH is 1. The van der Waals surface area contributed by atoms with Gasteiger partial charge in [-0.15, -0.1) is 11.3 Å². The second-order valence-electron chi connectivity index (χ2n) is 7.88. The summed E-state index contributed by atoms with van der Waals surface area (Å²) in [4.78, 5) is 33.9. The number of carbonyl (C=O) groups is 1. The van der Waals surface area contributed by atoms with Gasteiger partial charge in [0.1, 0.15) is 5.39 Å². The molecule has 1 amide bonds. The summed E-state index contributed by atoms with van der Waals surface area (Å²) in [7, 11) is 0. The highest BCUT2D eigenvalue weighted by atomic mass is 32.2. The van der Waals surface area contributed by atoms with Crippen molar-refractivity contribution in [3.8, 4) is 0 Å². The van der Waals surface area contributed by atoms with Crippen LogP contribution in [0.3, 0.4) is 0 Å². The molecule has 1 atom stereocenters. The highest BCUT2D eigenvalue weighted by Gasteiger charge is 2.33. The first-order chi connectivity index (χ1) is 16.5. The van der Waals surface area contributed by atoms with Crippen LogP contribution in [0.5, 0.6) is 0 Å². The van der Waals surface area contributed by atoms with Crippen molar-refractivity contribution in [1.29, 1.82) is 0 Å². The predicted molar refractivity (Wildman–Crippen MR) is 132 cm³/mol. The number of nitrogens with zero attached hydrogens (tertiary/aromatic N) is 5. The van der Waals surface area contributed by atoms with Crippen molar-refractivity contribution in [1.82, 2.24) is 24.8 Å². The number of nitrogens with one attached hydrogen (secondary N) is 1. The molecule has 0 spiro atoms. The van der Waals surface area contributed by atoms with E-state index in [1.165, 1.54) is 10.9 Å². The Bertz CT molecular complexity index is 1410.